The molecule has 2 fully saturated rings. The first-order valence-corrected chi connectivity index (χ1v) is 11.2. The van der Waals surface area contributed by atoms with Crippen LogP contribution in [-0.2, 0) is 9.47 Å². The van der Waals surface area contributed by atoms with Crippen molar-refractivity contribution in [1.29, 1.82) is 0 Å². The summed E-state index contributed by atoms with van der Waals surface area (Å²) >= 11 is 3.51. The van der Waals surface area contributed by atoms with E-state index in [1.165, 1.54) is 14.0 Å². The van der Waals surface area contributed by atoms with E-state index in [0.29, 0.717) is 30.8 Å². The van der Waals surface area contributed by atoms with E-state index in [1.54, 1.807) is 0 Å². The third kappa shape index (κ3) is 4.91. The van der Waals surface area contributed by atoms with Crippen molar-refractivity contribution < 1.29 is 27.8 Å². The van der Waals surface area contributed by atoms with Gasteiger partial charge < -0.3 is 25.6 Å². The fourth-order valence-corrected chi connectivity index (χ4v) is 5.16. The minimum Gasteiger partial charge on any atom is -0.499 e. The lowest BCUT2D eigenvalue weighted by Crippen LogP contribution is -2.68. The third-order valence-electron chi connectivity index (χ3n) is 6.47. The third-order valence-corrected chi connectivity index (χ3v) is 7.12. The first-order valence-electron chi connectivity index (χ1n) is 10.3. The molecule has 0 bridgehead atoms. The number of hydrogen-bond donors (Lipinski definition) is 5. The summed E-state index contributed by atoms with van der Waals surface area (Å²) in [4.78, 5) is 0.185. The monoisotopic (exact) mass is 500 g/mol. The highest BCUT2D eigenvalue weighted by Crippen LogP contribution is 2.44. The number of aliphatic hydroxyl groups is 1. The van der Waals surface area contributed by atoms with E-state index in [2.05, 4.69) is 31.9 Å². The summed E-state index contributed by atoms with van der Waals surface area (Å²) in [6, 6.07) is -0.346. The Balaban J connectivity index is 1.75. The number of allylic oxidation sites excluding steroid dienone is 1. The van der Waals surface area contributed by atoms with Crippen LogP contribution in [0.5, 0.6) is 0 Å². The van der Waals surface area contributed by atoms with Crippen LogP contribution < -0.4 is 21.7 Å². The van der Waals surface area contributed by atoms with E-state index in [1.807, 2.05) is 0 Å². The highest BCUT2D eigenvalue weighted by atomic mass is 79.9. The van der Waals surface area contributed by atoms with Gasteiger partial charge in [-0.1, -0.05) is 15.9 Å². The van der Waals surface area contributed by atoms with Crippen molar-refractivity contribution in [3.63, 3.8) is 0 Å². The topological polar surface area (TPSA) is 101 Å². The smallest absolute Gasteiger partial charge is 0.288 e. The molecule has 1 saturated carbocycles. The van der Waals surface area contributed by atoms with E-state index in [-0.39, 0.29) is 30.3 Å². The summed E-state index contributed by atoms with van der Waals surface area (Å²) in [5.74, 6) is -3.68. The molecule has 0 spiro atoms. The van der Waals surface area contributed by atoms with Crippen molar-refractivity contribution in [3.05, 3.63) is 11.5 Å². The summed E-state index contributed by atoms with van der Waals surface area (Å²) in [5.41, 5.74) is 4.51. The molecule has 7 nitrogen and oxygen atoms in total. The van der Waals surface area contributed by atoms with Crippen LogP contribution in [0, 0.1) is 5.92 Å². The maximum Gasteiger partial charge on any atom is 0.288 e. The van der Waals surface area contributed by atoms with E-state index >= 15 is 0 Å². The molecule has 0 aromatic heterocycles. The van der Waals surface area contributed by atoms with Gasteiger partial charge in [-0.3, -0.25) is 10.6 Å². The standard InChI is InChI=1S/C19H32BrF3N4O3/c1-18(19(22,23)9-30-8-15(24)27-18)12-6-11(3-4-13(12)21)26-17(28)16-14(29-2)5-10(20)7-25-16/h10-13,15,17,25-28H,3-9,24H2,1-2H3. The zero-order chi connectivity index (χ0) is 22.1. The second-order valence-corrected chi connectivity index (χ2v) is 9.89. The minimum atomic E-state index is -3.29. The van der Waals surface area contributed by atoms with Crippen LogP contribution >= 0.6 is 15.9 Å². The maximum atomic E-state index is 14.9. The van der Waals surface area contributed by atoms with Crippen LogP contribution in [0.25, 0.3) is 0 Å². The number of hydrogen-bond acceptors (Lipinski definition) is 7. The van der Waals surface area contributed by atoms with Crippen molar-refractivity contribution in [2.45, 2.75) is 73.5 Å². The molecule has 3 rings (SSSR count). The van der Waals surface area contributed by atoms with Gasteiger partial charge in [-0.15, -0.1) is 0 Å². The van der Waals surface area contributed by atoms with E-state index in [0.717, 1.165) is 0 Å². The number of aliphatic hydroxyl groups excluding tert-OH is 1. The van der Waals surface area contributed by atoms with Crippen LogP contribution in [0.3, 0.4) is 0 Å². The average Bonchev–Trinajstić information content (AvgIpc) is 2.78. The Labute approximate surface area is 183 Å². The number of ether oxygens (including phenoxy) is 2. The van der Waals surface area contributed by atoms with Crippen LogP contribution in [0.1, 0.15) is 32.6 Å². The number of halogens is 4. The lowest BCUT2D eigenvalue weighted by molar-refractivity contribution is -0.149. The van der Waals surface area contributed by atoms with Crippen molar-refractivity contribution in [2.24, 2.45) is 11.7 Å². The molecule has 0 amide bonds. The number of rotatable bonds is 5. The Morgan fingerprint density at radius 2 is 2.13 bits per heavy atom. The molecule has 2 aliphatic heterocycles. The molecule has 7 atom stereocenters. The molecule has 0 aromatic carbocycles. The summed E-state index contributed by atoms with van der Waals surface area (Å²) in [7, 11) is 1.53. The van der Waals surface area contributed by atoms with Crippen molar-refractivity contribution in [3.8, 4) is 0 Å². The van der Waals surface area contributed by atoms with Crippen LogP contribution in [0.4, 0.5) is 13.2 Å². The van der Waals surface area contributed by atoms with Gasteiger partial charge in [-0.25, -0.2) is 13.2 Å². The predicted molar refractivity (Wildman–Crippen MR) is 110 cm³/mol. The molecule has 0 aromatic rings. The van der Waals surface area contributed by atoms with Gasteiger partial charge in [-0.2, -0.15) is 0 Å². The van der Waals surface area contributed by atoms with E-state index in [4.69, 9.17) is 15.2 Å². The van der Waals surface area contributed by atoms with E-state index < -0.39 is 42.6 Å². The lowest BCUT2D eigenvalue weighted by Gasteiger charge is -2.48. The summed E-state index contributed by atoms with van der Waals surface area (Å²) in [6.07, 6.45) is -2.01. The van der Waals surface area contributed by atoms with Crippen LogP contribution in [-0.4, -0.2) is 72.9 Å². The summed E-state index contributed by atoms with van der Waals surface area (Å²) in [5, 5.41) is 19.6. The van der Waals surface area contributed by atoms with Crippen molar-refractivity contribution in [2.75, 3.05) is 26.9 Å². The van der Waals surface area contributed by atoms with Gasteiger partial charge in [0, 0.05) is 29.8 Å². The molecule has 174 valence electrons. The lowest BCUT2D eigenvalue weighted by atomic mass is 9.69. The molecule has 1 saturated heterocycles. The fourth-order valence-electron chi connectivity index (χ4n) is 4.71. The number of alkyl halides is 4. The summed E-state index contributed by atoms with van der Waals surface area (Å²) < 4.78 is 55.2. The average molecular weight is 501 g/mol. The molecular weight excluding hydrogens is 469 g/mol. The number of nitrogens with two attached hydrogens (primary N) is 1. The molecule has 3 aliphatic rings. The Hall–Kier alpha value is -0.590. The summed E-state index contributed by atoms with van der Waals surface area (Å²) in [6.45, 7) is 1.06. The van der Waals surface area contributed by atoms with Gasteiger partial charge in [0.05, 0.1) is 31.1 Å². The highest BCUT2D eigenvalue weighted by molar-refractivity contribution is 9.09. The molecule has 30 heavy (non-hydrogen) atoms. The molecule has 2 heterocycles. The van der Waals surface area contributed by atoms with Crippen LogP contribution in [0.15, 0.2) is 11.5 Å². The fraction of sp³-hybridized carbons (Fsp3) is 0.895. The van der Waals surface area contributed by atoms with Gasteiger partial charge in [-0.05, 0) is 26.2 Å². The van der Waals surface area contributed by atoms with Gasteiger partial charge >= 0.3 is 0 Å². The first-order chi connectivity index (χ1) is 14.1. The molecule has 11 heteroatoms. The normalized spacial score (nSPS) is 41.0. The van der Waals surface area contributed by atoms with Gasteiger partial charge in [0.2, 0.25) is 0 Å². The molecule has 1 aliphatic carbocycles. The Morgan fingerprint density at radius 1 is 1.40 bits per heavy atom. The molecule has 0 radical (unpaired) electrons. The van der Waals surface area contributed by atoms with Gasteiger partial charge in [0.25, 0.3) is 5.92 Å². The zero-order valence-electron chi connectivity index (χ0n) is 17.3. The zero-order valence-corrected chi connectivity index (χ0v) is 18.9. The molecular formula is C19H32BrF3N4O3. The SMILES string of the molecule is COC1=C(C(O)NC2CCC(F)C(C3(C)NC(N)COCC3(F)F)C2)NCC(Br)C1. The number of nitrogens with one attached hydrogen (secondary N) is 3. The first kappa shape index (κ1) is 24.1. The largest absolute Gasteiger partial charge is 0.499 e. The van der Waals surface area contributed by atoms with Gasteiger partial charge in [0.15, 0.2) is 0 Å². The second kappa shape index (κ2) is 9.50. The van der Waals surface area contributed by atoms with E-state index in [9.17, 15) is 18.3 Å². The maximum absolute atomic E-state index is 14.9. The quantitative estimate of drug-likeness (QED) is 0.286. The Morgan fingerprint density at radius 3 is 2.83 bits per heavy atom. The van der Waals surface area contributed by atoms with Gasteiger partial charge in [0.1, 0.15) is 24.8 Å². The Bertz CT molecular complexity index is 644. The molecule has 7 unspecified atom stereocenters. The number of methoxy groups -OCH3 is 1. The van der Waals surface area contributed by atoms with Crippen molar-refractivity contribution >= 4 is 15.9 Å². The van der Waals surface area contributed by atoms with Crippen LogP contribution in [0.2, 0.25) is 0 Å². The molecule has 6 N–H and O–H groups in total. The minimum absolute atomic E-state index is 0.0660. The highest BCUT2D eigenvalue weighted by Gasteiger charge is 2.59. The second-order valence-electron chi connectivity index (χ2n) is 8.60. The predicted octanol–water partition coefficient (Wildman–Crippen LogP) is 1.31. The van der Waals surface area contributed by atoms with Crippen molar-refractivity contribution in [1.82, 2.24) is 16.0 Å². The Kier molecular flexibility index (Phi) is 7.62.